The topological polar surface area (TPSA) is 192 Å². The van der Waals surface area contributed by atoms with Gasteiger partial charge in [-0.3, -0.25) is 24.2 Å². The number of aliphatic hydroxyl groups excluding tert-OH is 1. The second-order valence-corrected chi connectivity index (χ2v) is 20.6. The van der Waals surface area contributed by atoms with Crippen LogP contribution in [0, 0.1) is 27.6 Å². The van der Waals surface area contributed by atoms with Crippen molar-refractivity contribution in [1.29, 1.82) is 5.26 Å². The van der Waals surface area contributed by atoms with Crippen molar-refractivity contribution in [3.63, 3.8) is 0 Å². The number of thiazole rings is 1. The van der Waals surface area contributed by atoms with Gasteiger partial charge in [-0.05, 0) is 72.2 Å². The van der Waals surface area contributed by atoms with Gasteiger partial charge in [0.1, 0.15) is 42.4 Å². The van der Waals surface area contributed by atoms with E-state index in [4.69, 9.17) is 25.8 Å². The number of nitrogens with one attached hydrogen (secondary N) is 3. The van der Waals surface area contributed by atoms with Gasteiger partial charge in [-0.1, -0.05) is 84.3 Å². The molecule has 1 saturated carbocycles. The molecular formula is C50H61ClN6O8S. The van der Waals surface area contributed by atoms with Crippen molar-refractivity contribution in [2.45, 2.75) is 111 Å². The van der Waals surface area contributed by atoms with Gasteiger partial charge in [-0.15, -0.1) is 11.3 Å². The summed E-state index contributed by atoms with van der Waals surface area (Å²) in [6.45, 7) is 14.6. The molecule has 66 heavy (non-hydrogen) atoms. The molecule has 3 atom stereocenters. The predicted octanol–water partition coefficient (Wildman–Crippen LogP) is 7.32. The van der Waals surface area contributed by atoms with Crippen LogP contribution in [0.1, 0.15) is 95.6 Å². The molecule has 4 aromatic rings. The third-order valence-electron chi connectivity index (χ3n) is 12.4. The van der Waals surface area contributed by atoms with Crippen LogP contribution in [0.3, 0.4) is 0 Å². The van der Waals surface area contributed by atoms with E-state index in [9.17, 15) is 29.5 Å². The number of β-amino-alcohol motifs (C(OH)–C–C–N with tert-alkyl or cyclic N) is 1. The number of unbranched alkanes of at least 4 members (excludes halogenated alkanes) is 2. The van der Waals surface area contributed by atoms with Gasteiger partial charge in [0.2, 0.25) is 17.7 Å². The number of ether oxygens (including phenoxy) is 3. The quantitative estimate of drug-likeness (QED) is 0.0693. The van der Waals surface area contributed by atoms with Crippen LogP contribution >= 0.6 is 22.9 Å². The Morgan fingerprint density at radius 3 is 2.29 bits per heavy atom. The zero-order chi connectivity index (χ0) is 47.8. The van der Waals surface area contributed by atoms with E-state index in [1.807, 2.05) is 45.0 Å². The summed E-state index contributed by atoms with van der Waals surface area (Å²) in [5.41, 5.74) is 3.13. The zero-order valence-corrected chi connectivity index (χ0v) is 40.3. The van der Waals surface area contributed by atoms with Crippen molar-refractivity contribution in [1.82, 2.24) is 25.8 Å². The first-order valence-corrected chi connectivity index (χ1v) is 23.6. The summed E-state index contributed by atoms with van der Waals surface area (Å²) in [7, 11) is 0. The number of benzene rings is 3. The molecule has 1 saturated heterocycles. The summed E-state index contributed by atoms with van der Waals surface area (Å²) in [4.78, 5) is 60.2. The maximum Gasteiger partial charge on any atom is 0.251 e. The highest BCUT2D eigenvalue weighted by Gasteiger charge is 2.64. The fourth-order valence-corrected chi connectivity index (χ4v) is 9.97. The SMILES string of the molecule is CC1(C)C(NC(=O)c2ccc(OCCCCCOCC(=O)N[C@H](C(=O)N3C[C@H](O)C[C@H]3C(=O)NCc3ccc(-c4cncs4)cc3)C(C)(C)C)cc2)C(C)(C)C1Oc1ccc(C#N)c(Cl)c1. The van der Waals surface area contributed by atoms with E-state index in [-0.39, 0.29) is 60.9 Å². The molecule has 14 nitrogen and oxygen atoms in total. The van der Waals surface area contributed by atoms with E-state index in [1.54, 1.807) is 65.5 Å². The molecule has 4 amide bonds. The Morgan fingerprint density at radius 2 is 1.65 bits per heavy atom. The largest absolute Gasteiger partial charge is 0.494 e. The molecule has 0 bridgehead atoms. The molecule has 3 aromatic carbocycles. The Kier molecular flexibility index (Phi) is 16.2. The number of likely N-dealkylation sites (tertiary alicyclic amines) is 1. The van der Waals surface area contributed by atoms with Crippen molar-refractivity contribution < 1.29 is 38.5 Å². The standard InChI is InChI=1S/C50H61ClN6O8S/c1-48(2,3)42(45(62)57-28-35(58)23-39(57)44(61)54-26-31-11-13-32(14-12-31)40-27-53-30-66-40)55-41(59)29-63-21-9-8-10-22-64-36-18-15-33(16-19-36)43(60)56-46-49(4,5)47(50(46,6)7)65-37-20-17-34(25-52)38(51)24-37/h11-20,24,27,30,35,39,42,46-47,58H,8-10,21-23,26,28-29H2,1-7H3,(H,54,61)(H,55,59)(H,56,60)/t35-,39+,42-,46?,47?/m1/s1. The number of amides is 4. The number of aromatic nitrogens is 1. The van der Waals surface area contributed by atoms with Crippen LogP contribution in [0.2, 0.25) is 5.02 Å². The van der Waals surface area contributed by atoms with Crippen LogP contribution < -0.4 is 25.4 Å². The number of rotatable bonds is 19. The number of nitrogens with zero attached hydrogens (tertiary/aromatic N) is 3. The number of nitriles is 1. The fraction of sp³-hybridized carbons (Fsp3) is 0.480. The average molecular weight is 942 g/mol. The molecular weight excluding hydrogens is 880 g/mol. The number of hydrogen-bond donors (Lipinski definition) is 4. The smallest absolute Gasteiger partial charge is 0.251 e. The van der Waals surface area contributed by atoms with Crippen molar-refractivity contribution >= 4 is 46.6 Å². The van der Waals surface area contributed by atoms with Crippen LogP contribution in [-0.4, -0.2) is 95.3 Å². The molecule has 16 heteroatoms. The summed E-state index contributed by atoms with van der Waals surface area (Å²) >= 11 is 7.78. The second-order valence-electron chi connectivity index (χ2n) is 19.3. The molecule has 4 N–H and O–H groups in total. The Balaban J connectivity index is 0.875. The summed E-state index contributed by atoms with van der Waals surface area (Å²) in [5.74, 6) is -0.229. The summed E-state index contributed by atoms with van der Waals surface area (Å²) in [6.07, 6.45) is 3.05. The number of halogens is 1. The Morgan fingerprint density at radius 1 is 0.970 bits per heavy atom. The summed E-state index contributed by atoms with van der Waals surface area (Å²) < 4.78 is 17.9. The van der Waals surface area contributed by atoms with E-state index in [0.717, 1.165) is 28.8 Å². The van der Waals surface area contributed by atoms with Crippen LogP contribution in [0.15, 0.2) is 78.4 Å². The van der Waals surface area contributed by atoms with E-state index >= 15 is 0 Å². The van der Waals surface area contributed by atoms with E-state index < -0.39 is 35.4 Å². The molecule has 2 heterocycles. The van der Waals surface area contributed by atoms with E-state index in [1.165, 1.54) is 4.90 Å². The Bertz CT molecular complexity index is 2350. The molecule has 1 aliphatic carbocycles. The first-order valence-electron chi connectivity index (χ1n) is 22.3. The van der Waals surface area contributed by atoms with Gasteiger partial charge in [0.25, 0.3) is 5.91 Å². The lowest BCUT2D eigenvalue weighted by molar-refractivity contribution is -0.164. The monoisotopic (exact) mass is 940 g/mol. The van der Waals surface area contributed by atoms with Gasteiger partial charge < -0.3 is 40.2 Å². The van der Waals surface area contributed by atoms with E-state index in [0.29, 0.717) is 47.3 Å². The summed E-state index contributed by atoms with van der Waals surface area (Å²) in [6, 6.07) is 19.9. The molecule has 0 radical (unpaired) electrons. The third-order valence-corrected chi connectivity index (χ3v) is 13.5. The lowest BCUT2D eigenvalue weighted by Gasteiger charge is -2.63. The van der Waals surface area contributed by atoms with Crippen molar-refractivity contribution in [2.24, 2.45) is 16.2 Å². The molecule has 2 aliphatic rings. The molecule has 1 aromatic heterocycles. The highest BCUT2D eigenvalue weighted by molar-refractivity contribution is 7.13. The summed E-state index contributed by atoms with van der Waals surface area (Å²) in [5, 5.41) is 29.0. The minimum Gasteiger partial charge on any atom is -0.494 e. The van der Waals surface area contributed by atoms with Crippen LogP contribution in [0.25, 0.3) is 10.4 Å². The van der Waals surface area contributed by atoms with Crippen molar-refractivity contribution in [3.8, 4) is 28.0 Å². The average Bonchev–Trinajstić information content (AvgIpc) is 3.97. The molecule has 1 aliphatic heterocycles. The first-order chi connectivity index (χ1) is 31.3. The highest BCUT2D eigenvalue weighted by atomic mass is 35.5. The highest BCUT2D eigenvalue weighted by Crippen LogP contribution is 2.55. The van der Waals surface area contributed by atoms with Gasteiger partial charge in [-0.2, -0.15) is 5.26 Å². The zero-order valence-electron chi connectivity index (χ0n) is 38.7. The molecule has 6 rings (SSSR count). The van der Waals surface area contributed by atoms with Gasteiger partial charge in [-0.25, -0.2) is 0 Å². The third kappa shape index (κ3) is 12.1. The van der Waals surface area contributed by atoms with Crippen molar-refractivity contribution in [3.05, 3.63) is 100 Å². The Labute approximate surface area is 396 Å². The minimum atomic E-state index is -0.952. The number of hydrogen-bond acceptors (Lipinski definition) is 11. The van der Waals surface area contributed by atoms with Gasteiger partial charge >= 0.3 is 0 Å². The predicted molar refractivity (Wildman–Crippen MR) is 253 cm³/mol. The second kappa shape index (κ2) is 21.4. The van der Waals surface area contributed by atoms with Crippen LogP contribution in [0.5, 0.6) is 11.5 Å². The fourth-order valence-electron chi connectivity index (χ4n) is 9.13. The molecule has 0 unspecified atom stereocenters. The Hall–Kier alpha value is -5.53. The van der Waals surface area contributed by atoms with Crippen LogP contribution in [-0.2, 0) is 25.7 Å². The molecule has 2 fully saturated rings. The minimum absolute atomic E-state index is 0.0124. The maximum absolute atomic E-state index is 13.9. The lowest BCUT2D eigenvalue weighted by Crippen LogP contribution is -2.74. The first kappa shape index (κ1) is 49.9. The van der Waals surface area contributed by atoms with Crippen LogP contribution in [0.4, 0.5) is 0 Å². The lowest BCUT2D eigenvalue weighted by atomic mass is 9.49. The number of carbonyl (C=O) groups excluding carboxylic acids is 4. The number of carbonyl (C=O) groups is 4. The normalized spacial score (nSPS) is 20.0. The van der Waals surface area contributed by atoms with Gasteiger partial charge in [0, 0.05) is 60.8 Å². The van der Waals surface area contributed by atoms with E-state index in [2.05, 4.69) is 54.7 Å². The maximum atomic E-state index is 13.9. The number of aliphatic hydroxyl groups is 1. The van der Waals surface area contributed by atoms with Crippen molar-refractivity contribution in [2.75, 3.05) is 26.4 Å². The van der Waals surface area contributed by atoms with Gasteiger partial charge in [0.15, 0.2) is 0 Å². The van der Waals surface area contributed by atoms with Gasteiger partial charge in [0.05, 0.1) is 33.7 Å². The molecule has 0 spiro atoms. The molecule has 352 valence electrons.